The first-order valence-electron chi connectivity index (χ1n) is 5.18. The van der Waals surface area contributed by atoms with Gasteiger partial charge in [0.1, 0.15) is 12.0 Å². The molecule has 1 aromatic rings. The summed E-state index contributed by atoms with van der Waals surface area (Å²) in [4.78, 5) is 8.01. The molecule has 6 nitrogen and oxygen atoms in total. The fourth-order valence-corrected chi connectivity index (χ4v) is 1.73. The molecule has 1 aliphatic rings. The third-order valence-electron chi connectivity index (χ3n) is 2.81. The molecule has 0 spiro atoms. The molecule has 0 bridgehead atoms. The summed E-state index contributed by atoms with van der Waals surface area (Å²) in [5, 5.41) is 3.25. The molecule has 1 aromatic heterocycles. The predicted octanol–water partition coefficient (Wildman–Crippen LogP) is 0.657. The Morgan fingerprint density at radius 3 is 2.75 bits per heavy atom. The van der Waals surface area contributed by atoms with Crippen molar-refractivity contribution in [2.24, 2.45) is 0 Å². The molecule has 0 aromatic carbocycles. The Hall–Kier alpha value is -1.56. The van der Waals surface area contributed by atoms with Gasteiger partial charge >= 0.3 is 0 Å². The second-order valence-corrected chi connectivity index (χ2v) is 3.82. The zero-order valence-corrected chi connectivity index (χ0v) is 9.43. The number of nitrogens with one attached hydrogen (secondary N) is 1. The molecular formula is C10H16N4O2. The van der Waals surface area contributed by atoms with E-state index in [1.807, 2.05) is 0 Å². The number of aromatic nitrogens is 2. The first kappa shape index (κ1) is 10.9. The van der Waals surface area contributed by atoms with Crippen LogP contribution in [0, 0.1) is 0 Å². The van der Waals surface area contributed by atoms with Crippen molar-refractivity contribution in [2.45, 2.75) is 25.0 Å². The Labute approximate surface area is 94.2 Å². The molecule has 0 saturated heterocycles. The predicted molar refractivity (Wildman–Crippen MR) is 60.4 cm³/mol. The molecule has 3 N–H and O–H groups in total. The molecule has 0 atom stereocenters. The number of nitrogens with two attached hydrogens (primary N) is 1. The largest absolute Gasteiger partial charge is 0.479 e. The maximum absolute atomic E-state index is 5.84. The van der Waals surface area contributed by atoms with Crippen molar-refractivity contribution < 1.29 is 9.47 Å². The monoisotopic (exact) mass is 224 g/mol. The Morgan fingerprint density at radius 2 is 2.12 bits per heavy atom. The lowest BCUT2D eigenvalue weighted by Crippen LogP contribution is -2.40. The Balaban J connectivity index is 2.00. The molecule has 0 amide bonds. The number of nitrogens with zero attached hydrogens (tertiary/aromatic N) is 2. The Kier molecular flexibility index (Phi) is 3.09. The van der Waals surface area contributed by atoms with E-state index in [0.717, 1.165) is 12.8 Å². The highest BCUT2D eigenvalue weighted by Gasteiger charge is 2.29. The van der Waals surface area contributed by atoms with E-state index in [0.29, 0.717) is 29.5 Å². The number of rotatable bonds is 4. The van der Waals surface area contributed by atoms with Crippen molar-refractivity contribution in [3.63, 3.8) is 0 Å². The lowest BCUT2D eigenvalue weighted by molar-refractivity contribution is 0.0328. The van der Waals surface area contributed by atoms with E-state index in [-0.39, 0.29) is 0 Å². The maximum Gasteiger partial charge on any atom is 0.242 e. The van der Waals surface area contributed by atoms with Crippen LogP contribution in [-0.2, 0) is 4.74 Å². The fraction of sp³-hybridized carbons (Fsp3) is 0.600. The molecule has 1 heterocycles. The number of anilines is 2. The van der Waals surface area contributed by atoms with Gasteiger partial charge in [-0.1, -0.05) is 0 Å². The summed E-state index contributed by atoms with van der Waals surface area (Å²) in [5.41, 5.74) is 6.29. The van der Waals surface area contributed by atoms with Crippen LogP contribution in [0.5, 0.6) is 5.88 Å². The van der Waals surface area contributed by atoms with Gasteiger partial charge in [-0.15, -0.1) is 0 Å². The van der Waals surface area contributed by atoms with E-state index in [9.17, 15) is 0 Å². The van der Waals surface area contributed by atoms with E-state index in [1.54, 1.807) is 7.11 Å². The molecule has 0 aliphatic heterocycles. The van der Waals surface area contributed by atoms with E-state index in [2.05, 4.69) is 15.3 Å². The molecule has 88 valence electrons. The number of hydrogen-bond donors (Lipinski definition) is 2. The van der Waals surface area contributed by atoms with Gasteiger partial charge in [-0.2, -0.15) is 4.98 Å². The highest BCUT2D eigenvalue weighted by molar-refractivity contribution is 5.66. The highest BCUT2D eigenvalue weighted by atomic mass is 16.5. The summed E-state index contributed by atoms with van der Waals surface area (Å²) in [5.74, 6) is 1.03. The van der Waals surface area contributed by atoms with Gasteiger partial charge in [-0.3, -0.25) is 0 Å². The quantitative estimate of drug-likeness (QED) is 0.781. The van der Waals surface area contributed by atoms with Gasteiger partial charge in [-0.05, 0) is 12.8 Å². The number of methoxy groups -OCH3 is 2. The minimum absolute atomic E-state index is 0.349. The molecule has 0 unspecified atom stereocenters. The second kappa shape index (κ2) is 4.52. The van der Waals surface area contributed by atoms with Crippen LogP contribution in [0.15, 0.2) is 6.33 Å². The molecule has 1 aliphatic carbocycles. The normalized spacial score (nSPS) is 23.6. The summed E-state index contributed by atoms with van der Waals surface area (Å²) >= 11 is 0. The van der Waals surface area contributed by atoms with E-state index >= 15 is 0 Å². The number of hydrogen-bond acceptors (Lipinski definition) is 6. The summed E-state index contributed by atoms with van der Waals surface area (Å²) in [7, 11) is 3.26. The summed E-state index contributed by atoms with van der Waals surface area (Å²) in [6, 6.07) is 0.367. The van der Waals surface area contributed by atoms with Crippen LogP contribution >= 0.6 is 0 Å². The Bertz CT molecular complexity index is 366. The van der Waals surface area contributed by atoms with Crippen LogP contribution in [-0.4, -0.2) is 36.3 Å². The van der Waals surface area contributed by atoms with E-state index in [1.165, 1.54) is 13.4 Å². The van der Waals surface area contributed by atoms with Crippen molar-refractivity contribution in [2.75, 3.05) is 25.3 Å². The van der Waals surface area contributed by atoms with Crippen molar-refractivity contribution >= 4 is 11.5 Å². The van der Waals surface area contributed by atoms with Crippen molar-refractivity contribution in [3.8, 4) is 5.88 Å². The molecule has 1 fully saturated rings. The first-order chi connectivity index (χ1) is 7.74. The van der Waals surface area contributed by atoms with Crippen LogP contribution in [0.1, 0.15) is 12.8 Å². The van der Waals surface area contributed by atoms with Crippen LogP contribution in [0.4, 0.5) is 11.5 Å². The Morgan fingerprint density at radius 1 is 1.38 bits per heavy atom. The molecule has 0 radical (unpaired) electrons. The van der Waals surface area contributed by atoms with Gasteiger partial charge in [-0.25, -0.2) is 4.98 Å². The summed E-state index contributed by atoms with van der Waals surface area (Å²) < 4.78 is 10.2. The van der Waals surface area contributed by atoms with Crippen molar-refractivity contribution in [3.05, 3.63) is 6.33 Å². The first-order valence-corrected chi connectivity index (χ1v) is 5.18. The standard InChI is InChI=1S/C10H16N4O2/c1-15-7-3-6(4-7)14-9-8(11)10(16-2)13-5-12-9/h5-7H,3-4,11H2,1-2H3,(H,12,13,14). The SMILES string of the molecule is COc1ncnc(NC2CC(OC)C2)c1N. The highest BCUT2D eigenvalue weighted by Crippen LogP contribution is 2.30. The second-order valence-electron chi connectivity index (χ2n) is 3.82. The van der Waals surface area contributed by atoms with E-state index < -0.39 is 0 Å². The third-order valence-corrected chi connectivity index (χ3v) is 2.81. The zero-order chi connectivity index (χ0) is 11.5. The van der Waals surface area contributed by atoms with Crippen LogP contribution in [0.2, 0.25) is 0 Å². The maximum atomic E-state index is 5.84. The lowest BCUT2D eigenvalue weighted by atomic mass is 9.89. The van der Waals surface area contributed by atoms with Gasteiger partial charge < -0.3 is 20.5 Å². The van der Waals surface area contributed by atoms with Gasteiger partial charge in [0.25, 0.3) is 0 Å². The lowest BCUT2D eigenvalue weighted by Gasteiger charge is -2.35. The third kappa shape index (κ3) is 2.01. The fourth-order valence-electron chi connectivity index (χ4n) is 1.73. The summed E-state index contributed by atoms with van der Waals surface area (Å²) in [6.45, 7) is 0. The van der Waals surface area contributed by atoms with Gasteiger partial charge in [0, 0.05) is 13.2 Å². The molecule has 16 heavy (non-hydrogen) atoms. The van der Waals surface area contributed by atoms with Crippen LogP contribution in [0.3, 0.4) is 0 Å². The zero-order valence-electron chi connectivity index (χ0n) is 9.43. The average Bonchev–Trinajstić information content (AvgIpc) is 2.25. The van der Waals surface area contributed by atoms with Gasteiger partial charge in [0.05, 0.1) is 13.2 Å². The number of nitrogen functional groups attached to an aromatic ring is 1. The van der Waals surface area contributed by atoms with Crippen LogP contribution < -0.4 is 15.8 Å². The molecule has 2 rings (SSSR count). The molecule has 6 heteroatoms. The molecule has 1 saturated carbocycles. The van der Waals surface area contributed by atoms with E-state index in [4.69, 9.17) is 15.2 Å². The topological polar surface area (TPSA) is 82.3 Å². The average molecular weight is 224 g/mol. The number of ether oxygens (including phenoxy) is 2. The van der Waals surface area contributed by atoms with Gasteiger partial charge in [0.15, 0.2) is 5.82 Å². The minimum atomic E-state index is 0.349. The van der Waals surface area contributed by atoms with Gasteiger partial charge in [0.2, 0.25) is 5.88 Å². The van der Waals surface area contributed by atoms with Crippen molar-refractivity contribution in [1.82, 2.24) is 9.97 Å². The van der Waals surface area contributed by atoms with Crippen molar-refractivity contribution in [1.29, 1.82) is 0 Å². The summed E-state index contributed by atoms with van der Waals surface area (Å²) in [6.07, 6.45) is 3.73. The minimum Gasteiger partial charge on any atom is -0.479 e. The molecular weight excluding hydrogens is 208 g/mol. The smallest absolute Gasteiger partial charge is 0.242 e. The van der Waals surface area contributed by atoms with Crippen LogP contribution in [0.25, 0.3) is 0 Å².